The molecule has 0 aromatic heterocycles. The molecule has 1 N–H and O–H groups in total. The third kappa shape index (κ3) is 4.65. The Morgan fingerprint density at radius 3 is 2.35 bits per heavy atom. The minimum absolute atomic E-state index is 0.366. The van der Waals surface area contributed by atoms with Crippen molar-refractivity contribution in [2.75, 3.05) is 20.3 Å². The van der Waals surface area contributed by atoms with E-state index in [0.29, 0.717) is 25.2 Å². The molecule has 17 heavy (non-hydrogen) atoms. The molecule has 96 valence electrons. The second-order valence-electron chi connectivity index (χ2n) is 4.36. The van der Waals surface area contributed by atoms with Crippen LogP contribution >= 0.6 is 0 Å². The SMILES string of the molecule is CCOc1cccc(OCC(NC)C(C)C)c1. The molecule has 0 saturated carbocycles. The Hall–Kier alpha value is -1.22. The van der Waals surface area contributed by atoms with Crippen LogP contribution in [0.25, 0.3) is 0 Å². The smallest absolute Gasteiger partial charge is 0.123 e. The van der Waals surface area contributed by atoms with Gasteiger partial charge in [-0.15, -0.1) is 0 Å². The molecule has 1 atom stereocenters. The molecule has 0 aliphatic rings. The van der Waals surface area contributed by atoms with Crippen molar-refractivity contribution in [2.45, 2.75) is 26.8 Å². The van der Waals surface area contributed by atoms with Crippen LogP contribution in [0.4, 0.5) is 0 Å². The number of likely N-dealkylation sites (N-methyl/N-ethyl adjacent to an activating group) is 1. The second-order valence-corrected chi connectivity index (χ2v) is 4.36. The Morgan fingerprint density at radius 1 is 1.18 bits per heavy atom. The third-order valence-corrected chi connectivity index (χ3v) is 2.72. The first-order chi connectivity index (χ1) is 8.17. The summed E-state index contributed by atoms with van der Waals surface area (Å²) in [6, 6.07) is 8.13. The topological polar surface area (TPSA) is 30.5 Å². The Labute approximate surface area is 104 Å². The fourth-order valence-corrected chi connectivity index (χ4v) is 1.62. The van der Waals surface area contributed by atoms with Crippen LogP contribution in [0.3, 0.4) is 0 Å². The maximum absolute atomic E-state index is 5.76. The normalized spacial score (nSPS) is 12.5. The highest BCUT2D eigenvalue weighted by atomic mass is 16.5. The molecule has 1 unspecified atom stereocenters. The number of hydrogen-bond acceptors (Lipinski definition) is 3. The first-order valence-corrected chi connectivity index (χ1v) is 6.20. The highest BCUT2D eigenvalue weighted by molar-refractivity contribution is 5.32. The average molecular weight is 237 g/mol. The number of nitrogens with one attached hydrogen (secondary N) is 1. The van der Waals surface area contributed by atoms with Gasteiger partial charge in [0.1, 0.15) is 18.1 Å². The predicted molar refractivity (Wildman–Crippen MR) is 70.8 cm³/mol. The summed E-state index contributed by atoms with van der Waals surface area (Å²) in [5, 5.41) is 3.26. The van der Waals surface area contributed by atoms with Gasteiger partial charge in [-0.2, -0.15) is 0 Å². The molecule has 1 rings (SSSR count). The van der Waals surface area contributed by atoms with Gasteiger partial charge in [-0.3, -0.25) is 0 Å². The van der Waals surface area contributed by atoms with E-state index < -0.39 is 0 Å². The molecule has 0 aliphatic heterocycles. The summed E-state index contributed by atoms with van der Waals surface area (Å²) in [6.45, 7) is 7.68. The Bertz CT molecular complexity index is 326. The van der Waals surface area contributed by atoms with Crippen LogP contribution in [-0.4, -0.2) is 26.3 Å². The van der Waals surface area contributed by atoms with E-state index in [9.17, 15) is 0 Å². The summed E-state index contributed by atoms with van der Waals surface area (Å²) in [4.78, 5) is 0. The molecule has 3 nitrogen and oxygen atoms in total. The molecule has 0 aliphatic carbocycles. The lowest BCUT2D eigenvalue weighted by molar-refractivity contribution is 0.236. The number of ether oxygens (including phenoxy) is 2. The minimum atomic E-state index is 0.366. The van der Waals surface area contributed by atoms with Gasteiger partial charge in [-0.1, -0.05) is 19.9 Å². The van der Waals surface area contributed by atoms with Gasteiger partial charge in [0.25, 0.3) is 0 Å². The van der Waals surface area contributed by atoms with Crippen LogP contribution in [0, 0.1) is 5.92 Å². The molecule has 0 saturated heterocycles. The highest BCUT2D eigenvalue weighted by Gasteiger charge is 2.11. The average Bonchev–Trinajstić information content (AvgIpc) is 2.30. The predicted octanol–water partition coefficient (Wildman–Crippen LogP) is 2.71. The zero-order valence-electron chi connectivity index (χ0n) is 11.2. The van der Waals surface area contributed by atoms with E-state index in [1.54, 1.807) is 0 Å². The fraction of sp³-hybridized carbons (Fsp3) is 0.571. The molecule has 0 spiro atoms. The monoisotopic (exact) mass is 237 g/mol. The van der Waals surface area contributed by atoms with Crippen LogP contribution in [0.5, 0.6) is 11.5 Å². The van der Waals surface area contributed by atoms with Gasteiger partial charge < -0.3 is 14.8 Å². The van der Waals surface area contributed by atoms with E-state index in [-0.39, 0.29) is 0 Å². The van der Waals surface area contributed by atoms with Crippen molar-refractivity contribution in [2.24, 2.45) is 5.92 Å². The first-order valence-electron chi connectivity index (χ1n) is 6.20. The Morgan fingerprint density at radius 2 is 1.82 bits per heavy atom. The van der Waals surface area contributed by atoms with Crippen molar-refractivity contribution in [1.82, 2.24) is 5.32 Å². The van der Waals surface area contributed by atoms with E-state index >= 15 is 0 Å². The fourth-order valence-electron chi connectivity index (χ4n) is 1.62. The summed E-state index contributed by atoms with van der Waals surface area (Å²) >= 11 is 0. The van der Waals surface area contributed by atoms with Crippen molar-refractivity contribution in [3.63, 3.8) is 0 Å². The van der Waals surface area contributed by atoms with Gasteiger partial charge in [0.2, 0.25) is 0 Å². The molecule has 0 fully saturated rings. The van der Waals surface area contributed by atoms with E-state index in [2.05, 4.69) is 19.2 Å². The highest BCUT2D eigenvalue weighted by Crippen LogP contribution is 2.19. The van der Waals surface area contributed by atoms with Gasteiger partial charge in [0.15, 0.2) is 0 Å². The molecular weight excluding hydrogens is 214 g/mol. The second kappa shape index (κ2) is 7.17. The van der Waals surface area contributed by atoms with E-state index in [1.165, 1.54) is 0 Å². The van der Waals surface area contributed by atoms with Crippen molar-refractivity contribution < 1.29 is 9.47 Å². The zero-order chi connectivity index (χ0) is 12.7. The van der Waals surface area contributed by atoms with Gasteiger partial charge >= 0.3 is 0 Å². The largest absolute Gasteiger partial charge is 0.494 e. The zero-order valence-corrected chi connectivity index (χ0v) is 11.2. The van der Waals surface area contributed by atoms with Gasteiger partial charge in [-0.25, -0.2) is 0 Å². The molecular formula is C14H23NO2. The lowest BCUT2D eigenvalue weighted by atomic mass is 10.1. The number of rotatable bonds is 7. The van der Waals surface area contributed by atoms with Crippen molar-refractivity contribution >= 4 is 0 Å². The van der Waals surface area contributed by atoms with Crippen LogP contribution in [0.1, 0.15) is 20.8 Å². The standard InChI is InChI=1S/C14H23NO2/c1-5-16-12-7-6-8-13(9-12)17-10-14(15-4)11(2)3/h6-9,11,14-15H,5,10H2,1-4H3. The van der Waals surface area contributed by atoms with Crippen LogP contribution in [-0.2, 0) is 0 Å². The molecule has 0 amide bonds. The van der Waals surface area contributed by atoms with E-state index in [1.807, 2.05) is 38.2 Å². The molecule has 0 radical (unpaired) electrons. The van der Waals surface area contributed by atoms with Gasteiger partial charge in [0, 0.05) is 12.1 Å². The number of hydrogen-bond donors (Lipinski definition) is 1. The van der Waals surface area contributed by atoms with Crippen LogP contribution < -0.4 is 14.8 Å². The first kappa shape index (κ1) is 13.8. The summed E-state index contributed by atoms with van der Waals surface area (Å²) < 4.78 is 11.2. The van der Waals surface area contributed by atoms with Crippen molar-refractivity contribution in [3.05, 3.63) is 24.3 Å². The summed E-state index contributed by atoms with van der Waals surface area (Å²) in [5.74, 6) is 2.27. The molecule has 1 aromatic rings. The lowest BCUT2D eigenvalue weighted by Gasteiger charge is -2.20. The molecule has 3 heteroatoms. The summed E-state index contributed by atoms with van der Waals surface area (Å²) in [7, 11) is 1.96. The molecule has 1 aromatic carbocycles. The van der Waals surface area contributed by atoms with Crippen LogP contribution in [0.2, 0.25) is 0 Å². The van der Waals surface area contributed by atoms with Gasteiger partial charge in [-0.05, 0) is 32.0 Å². The van der Waals surface area contributed by atoms with E-state index in [4.69, 9.17) is 9.47 Å². The van der Waals surface area contributed by atoms with Gasteiger partial charge in [0.05, 0.1) is 6.61 Å². The van der Waals surface area contributed by atoms with Crippen molar-refractivity contribution in [3.8, 4) is 11.5 Å². The third-order valence-electron chi connectivity index (χ3n) is 2.72. The Kier molecular flexibility index (Phi) is 5.84. The van der Waals surface area contributed by atoms with E-state index in [0.717, 1.165) is 11.5 Å². The molecule has 0 bridgehead atoms. The lowest BCUT2D eigenvalue weighted by Crippen LogP contribution is -2.36. The van der Waals surface area contributed by atoms with Crippen LogP contribution in [0.15, 0.2) is 24.3 Å². The van der Waals surface area contributed by atoms with Crippen molar-refractivity contribution in [1.29, 1.82) is 0 Å². The maximum Gasteiger partial charge on any atom is 0.123 e. The number of benzene rings is 1. The minimum Gasteiger partial charge on any atom is -0.494 e. The Balaban J connectivity index is 2.53. The maximum atomic E-state index is 5.76. The molecule has 0 heterocycles. The summed E-state index contributed by atoms with van der Waals surface area (Å²) in [5.41, 5.74) is 0. The summed E-state index contributed by atoms with van der Waals surface area (Å²) in [6.07, 6.45) is 0. The quantitative estimate of drug-likeness (QED) is 0.791.